The Morgan fingerprint density at radius 1 is 1.04 bits per heavy atom. The standard InChI is InChI=1S/C19H17N5O/c1-23-11-10-20-18(19(23)25)21-12-14-6-8-15(9-7-14)24-13-22-16-4-2-3-5-17(16)24/h2-11,13H,12H2,1H3,(H,20,21). The number of aryl methyl sites for hydroxylation is 1. The first kappa shape index (κ1) is 15.1. The smallest absolute Gasteiger partial charge is 0.293 e. The van der Waals surface area contributed by atoms with E-state index >= 15 is 0 Å². The number of para-hydroxylation sites is 2. The highest BCUT2D eigenvalue weighted by molar-refractivity contribution is 5.77. The second-order valence-electron chi connectivity index (χ2n) is 5.82. The summed E-state index contributed by atoms with van der Waals surface area (Å²) in [5, 5.41) is 3.09. The van der Waals surface area contributed by atoms with Crippen molar-refractivity contribution in [2.24, 2.45) is 7.05 Å². The predicted molar refractivity (Wildman–Crippen MR) is 97.9 cm³/mol. The van der Waals surface area contributed by atoms with Crippen LogP contribution in [0, 0.1) is 0 Å². The predicted octanol–water partition coefficient (Wildman–Crippen LogP) is 2.73. The SMILES string of the molecule is Cn1ccnc(NCc2ccc(-n3cnc4ccccc43)cc2)c1=O. The van der Waals surface area contributed by atoms with E-state index in [9.17, 15) is 4.79 Å². The molecule has 0 saturated heterocycles. The second kappa shape index (κ2) is 6.24. The number of fused-ring (bicyclic) bond motifs is 1. The highest BCUT2D eigenvalue weighted by Crippen LogP contribution is 2.18. The average molecular weight is 331 g/mol. The van der Waals surface area contributed by atoms with Crippen molar-refractivity contribution in [2.75, 3.05) is 5.32 Å². The fourth-order valence-electron chi connectivity index (χ4n) is 2.74. The maximum atomic E-state index is 12.0. The number of aromatic nitrogens is 4. The van der Waals surface area contributed by atoms with Crippen molar-refractivity contribution in [1.29, 1.82) is 0 Å². The van der Waals surface area contributed by atoms with Crippen LogP contribution in [0.4, 0.5) is 5.82 Å². The van der Waals surface area contributed by atoms with Crippen molar-refractivity contribution >= 4 is 16.9 Å². The van der Waals surface area contributed by atoms with E-state index in [-0.39, 0.29) is 5.56 Å². The molecule has 124 valence electrons. The maximum absolute atomic E-state index is 12.0. The van der Waals surface area contributed by atoms with E-state index < -0.39 is 0 Å². The van der Waals surface area contributed by atoms with E-state index in [0.29, 0.717) is 12.4 Å². The van der Waals surface area contributed by atoms with Crippen LogP contribution < -0.4 is 10.9 Å². The van der Waals surface area contributed by atoms with Crippen LogP contribution in [0.5, 0.6) is 0 Å². The highest BCUT2D eigenvalue weighted by atomic mass is 16.1. The quantitative estimate of drug-likeness (QED) is 0.624. The first-order chi connectivity index (χ1) is 12.2. The third-order valence-electron chi connectivity index (χ3n) is 4.14. The normalized spacial score (nSPS) is 10.9. The number of rotatable bonds is 4. The molecule has 0 fully saturated rings. The van der Waals surface area contributed by atoms with Gasteiger partial charge in [0.15, 0.2) is 5.82 Å². The summed E-state index contributed by atoms with van der Waals surface area (Å²) >= 11 is 0. The molecule has 4 rings (SSSR count). The molecule has 0 spiro atoms. The van der Waals surface area contributed by atoms with Crippen molar-refractivity contribution in [1.82, 2.24) is 19.1 Å². The molecule has 2 heterocycles. The summed E-state index contributed by atoms with van der Waals surface area (Å²) in [6.45, 7) is 0.539. The lowest BCUT2D eigenvalue weighted by Gasteiger charge is -2.08. The van der Waals surface area contributed by atoms with Gasteiger partial charge in [0.05, 0.1) is 11.0 Å². The summed E-state index contributed by atoms with van der Waals surface area (Å²) in [7, 11) is 1.71. The summed E-state index contributed by atoms with van der Waals surface area (Å²) in [6.07, 6.45) is 5.07. The van der Waals surface area contributed by atoms with Gasteiger partial charge in [0.2, 0.25) is 0 Å². The number of hydrogen-bond acceptors (Lipinski definition) is 4. The van der Waals surface area contributed by atoms with Crippen LogP contribution in [0.15, 0.2) is 72.0 Å². The minimum absolute atomic E-state index is 0.135. The Morgan fingerprint density at radius 3 is 2.68 bits per heavy atom. The fraction of sp³-hybridized carbons (Fsp3) is 0.105. The molecule has 0 aliphatic carbocycles. The molecule has 0 unspecified atom stereocenters. The van der Waals surface area contributed by atoms with Crippen molar-refractivity contribution in [3.8, 4) is 5.69 Å². The first-order valence-corrected chi connectivity index (χ1v) is 7.99. The number of benzene rings is 2. The van der Waals surface area contributed by atoms with Gasteiger partial charge in [-0.15, -0.1) is 0 Å². The Kier molecular flexibility index (Phi) is 3.78. The van der Waals surface area contributed by atoms with Crippen molar-refractivity contribution in [3.63, 3.8) is 0 Å². The van der Waals surface area contributed by atoms with Gasteiger partial charge in [-0.05, 0) is 29.8 Å². The van der Waals surface area contributed by atoms with E-state index in [4.69, 9.17) is 0 Å². The molecule has 0 aliphatic rings. The minimum Gasteiger partial charge on any atom is -0.361 e. The van der Waals surface area contributed by atoms with Gasteiger partial charge in [-0.3, -0.25) is 9.36 Å². The fourth-order valence-corrected chi connectivity index (χ4v) is 2.74. The molecule has 0 bridgehead atoms. The van der Waals surface area contributed by atoms with Gasteiger partial charge < -0.3 is 9.88 Å². The largest absolute Gasteiger partial charge is 0.361 e. The summed E-state index contributed by atoms with van der Waals surface area (Å²) in [5.74, 6) is 0.356. The lowest BCUT2D eigenvalue weighted by molar-refractivity contribution is 0.839. The summed E-state index contributed by atoms with van der Waals surface area (Å²) in [4.78, 5) is 20.5. The number of nitrogens with one attached hydrogen (secondary N) is 1. The Balaban J connectivity index is 1.54. The molecule has 1 N–H and O–H groups in total. The molecule has 2 aromatic carbocycles. The third kappa shape index (κ3) is 2.89. The lowest BCUT2D eigenvalue weighted by atomic mass is 10.2. The number of imidazole rings is 1. The molecule has 25 heavy (non-hydrogen) atoms. The van der Waals surface area contributed by atoms with E-state index in [1.807, 2.05) is 48.8 Å². The van der Waals surface area contributed by atoms with E-state index in [0.717, 1.165) is 22.3 Å². The van der Waals surface area contributed by atoms with Crippen molar-refractivity contribution in [2.45, 2.75) is 6.54 Å². The summed E-state index contributed by atoms with van der Waals surface area (Å²) in [5.41, 5.74) is 4.03. The number of anilines is 1. The Hall–Kier alpha value is -3.41. The van der Waals surface area contributed by atoms with Crippen LogP contribution in [0.1, 0.15) is 5.56 Å². The van der Waals surface area contributed by atoms with E-state index in [1.165, 1.54) is 4.57 Å². The molecule has 0 aliphatic heterocycles. The zero-order chi connectivity index (χ0) is 17.2. The molecule has 4 aromatic rings. The van der Waals surface area contributed by atoms with Crippen LogP contribution in [0.2, 0.25) is 0 Å². The Bertz CT molecular complexity index is 1080. The molecule has 6 nitrogen and oxygen atoms in total. The Labute approximate surface area is 144 Å². The number of nitrogens with zero attached hydrogens (tertiary/aromatic N) is 4. The van der Waals surface area contributed by atoms with E-state index in [1.54, 1.807) is 19.4 Å². The first-order valence-electron chi connectivity index (χ1n) is 7.99. The molecular weight excluding hydrogens is 314 g/mol. The van der Waals surface area contributed by atoms with Gasteiger partial charge in [0.25, 0.3) is 5.56 Å². The third-order valence-corrected chi connectivity index (χ3v) is 4.14. The van der Waals surface area contributed by atoms with Crippen LogP contribution in [0.3, 0.4) is 0 Å². The highest BCUT2D eigenvalue weighted by Gasteiger charge is 2.05. The van der Waals surface area contributed by atoms with Crippen LogP contribution in [-0.2, 0) is 13.6 Å². The summed E-state index contributed by atoms with van der Waals surface area (Å²) < 4.78 is 3.56. The average Bonchev–Trinajstić information content (AvgIpc) is 3.07. The topological polar surface area (TPSA) is 64.7 Å². The zero-order valence-electron chi connectivity index (χ0n) is 13.8. The van der Waals surface area contributed by atoms with Gasteiger partial charge in [0.1, 0.15) is 6.33 Å². The molecule has 0 amide bonds. The van der Waals surface area contributed by atoms with Crippen molar-refractivity contribution in [3.05, 3.63) is 83.2 Å². The van der Waals surface area contributed by atoms with Crippen LogP contribution >= 0.6 is 0 Å². The Morgan fingerprint density at radius 2 is 1.84 bits per heavy atom. The molecule has 0 saturated carbocycles. The summed E-state index contributed by atoms with van der Waals surface area (Å²) in [6, 6.07) is 16.2. The molecule has 0 atom stereocenters. The molecule has 0 radical (unpaired) electrons. The van der Waals surface area contributed by atoms with Gasteiger partial charge in [0, 0.05) is 31.7 Å². The lowest BCUT2D eigenvalue weighted by Crippen LogP contribution is -2.21. The molecule has 2 aromatic heterocycles. The monoisotopic (exact) mass is 331 g/mol. The van der Waals surface area contributed by atoms with Crippen molar-refractivity contribution < 1.29 is 0 Å². The second-order valence-corrected chi connectivity index (χ2v) is 5.82. The minimum atomic E-state index is -0.135. The molecular formula is C19H17N5O. The van der Waals surface area contributed by atoms with E-state index in [2.05, 4.69) is 25.9 Å². The van der Waals surface area contributed by atoms with Gasteiger partial charge in [-0.1, -0.05) is 24.3 Å². The van der Waals surface area contributed by atoms with Gasteiger partial charge in [-0.25, -0.2) is 9.97 Å². The number of hydrogen-bond donors (Lipinski definition) is 1. The van der Waals surface area contributed by atoms with Gasteiger partial charge in [-0.2, -0.15) is 0 Å². The molecule has 6 heteroatoms. The van der Waals surface area contributed by atoms with Crippen LogP contribution in [0.25, 0.3) is 16.7 Å². The van der Waals surface area contributed by atoms with Crippen LogP contribution in [-0.4, -0.2) is 19.1 Å². The maximum Gasteiger partial charge on any atom is 0.293 e. The zero-order valence-corrected chi connectivity index (χ0v) is 13.8. The van der Waals surface area contributed by atoms with Gasteiger partial charge >= 0.3 is 0 Å².